The van der Waals surface area contributed by atoms with Crippen molar-refractivity contribution < 1.29 is 14.4 Å². The molecule has 0 radical (unpaired) electrons. The van der Waals surface area contributed by atoms with E-state index in [-0.39, 0.29) is 29.7 Å². The zero-order valence-corrected chi connectivity index (χ0v) is 14.1. The van der Waals surface area contributed by atoms with E-state index in [2.05, 4.69) is 20.9 Å². The van der Waals surface area contributed by atoms with Crippen LogP contribution in [0.25, 0.3) is 0 Å². The maximum atomic E-state index is 12.4. The number of carbonyl (C=O) groups excluding carboxylic acids is 3. The van der Waals surface area contributed by atoms with Crippen molar-refractivity contribution >= 4 is 23.4 Å². The molecule has 0 aliphatic carbocycles. The van der Waals surface area contributed by atoms with Crippen LogP contribution in [0.15, 0.2) is 48.7 Å². The highest BCUT2D eigenvalue weighted by Gasteiger charge is 2.18. The number of amides is 3. The molecule has 2 aromatic rings. The number of benzene rings is 1. The van der Waals surface area contributed by atoms with E-state index in [9.17, 15) is 14.4 Å². The molecule has 0 bridgehead atoms. The SMILES string of the molecule is CC(C)NC(=O)C(=O)Nc1ccccc1C(=O)NCc1ccccn1. The molecule has 2 rings (SSSR count). The number of nitrogens with one attached hydrogen (secondary N) is 3. The number of aromatic nitrogens is 1. The first kappa shape index (κ1) is 18.1. The number of nitrogens with zero attached hydrogens (tertiary/aromatic N) is 1. The third-order valence-corrected chi connectivity index (χ3v) is 3.20. The van der Waals surface area contributed by atoms with Crippen LogP contribution in [0.3, 0.4) is 0 Å². The summed E-state index contributed by atoms with van der Waals surface area (Å²) in [6.07, 6.45) is 1.64. The normalized spacial score (nSPS) is 10.2. The van der Waals surface area contributed by atoms with E-state index < -0.39 is 11.8 Å². The molecule has 1 aromatic heterocycles. The standard InChI is InChI=1S/C18H20N4O3/c1-12(2)21-17(24)18(25)22-15-9-4-3-8-14(15)16(23)20-11-13-7-5-6-10-19-13/h3-10,12H,11H2,1-2H3,(H,20,23)(H,21,24)(H,22,25). The van der Waals surface area contributed by atoms with E-state index >= 15 is 0 Å². The number of hydrogen-bond acceptors (Lipinski definition) is 4. The van der Waals surface area contributed by atoms with E-state index in [0.29, 0.717) is 5.69 Å². The summed E-state index contributed by atoms with van der Waals surface area (Å²) in [5.41, 5.74) is 1.25. The molecule has 3 amide bonds. The summed E-state index contributed by atoms with van der Waals surface area (Å²) in [7, 11) is 0. The number of para-hydroxylation sites is 1. The molecule has 0 saturated heterocycles. The number of rotatable bonds is 5. The summed E-state index contributed by atoms with van der Waals surface area (Å²) in [4.78, 5) is 40.2. The lowest BCUT2D eigenvalue weighted by Crippen LogP contribution is -2.39. The molecular weight excluding hydrogens is 320 g/mol. The minimum atomic E-state index is -0.821. The van der Waals surface area contributed by atoms with Crippen LogP contribution in [0.2, 0.25) is 0 Å². The zero-order valence-electron chi connectivity index (χ0n) is 14.1. The Morgan fingerprint density at radius 3 is 2.40 bits per heavy atom. The average Bonchev–Trinajstić information content (AvgIpc) is 2.60. The second-order valence-corrected chi connectivity index (χ2v) is 5.63. The van der Waals surface area contributed by atoms with Crippen LogP contribution in [-0.2, 0) is 16.1 Å². The van der Waals surface area contributed by atoms with Gasteiger partial charge in [0.25, 0.3) is 5.91 Å². The van der Waals surface area contributed by atoms with Gasteiger partial charge >= 0.3 is 11.8 Å². The molecule has 25 heavy (non-hydrogen) atoms. The molecule has 7 nitrogen and oxygen atoms in total. The predicted octanol–water partition coefficient (Wildman–Crippen LogP) is 1.47. The second-order valence-electron chi connectivity index (χ2n) is 5.63. The van der Waals surface area contributed by atoms with Crippen molar-refractivity contribution in [2.45, 2.75) is 26.4 Å². The number of carbonyl (C=O) groups is 3. The van der Waals surface area contributed by atoms with Gasteiger partial charge in [-0.1, -0.05) is 18.2 Å². The van der Waals surface area contributed by atoms with Gasteiger partial charge in [-0.2, -0.15) is 0 Å². The van der Waals surface area contributed by atoms with Gasteiger partial charge in [-0.15, -0.1) is 0 Å². The molecule has 0 aliphatic rings. The summed E-state index contributed by atoms with van der Waals surface area (Å²) in [5.74, 6) is -1.94. The molecule has 0 saturated carbocycles. The lowest BCUT2D eigenvalue weighted by molar-refractivity contribution is -0.136. The van der Waals surface area contributed by atoms with Crippen molar-refractivity contribution in [1.29, 1.82) is 0 Å². The van der Waals surface area contributed by atoms with Crippen LogP contribution in [0.4, 0.5) is 5.69 Å². The topological polar surface area (TPSA) is 100 Å². The Labute approximate surface area is 145 Å². The van der Waals surface area contributed by atoms with Crippen LogP contribution in [0, 0.1) is 0 Å². The fourth-order valence-corrected chi connectivity index (χ4v) is 2.07. The molecule has 1 heterocycles. The van der Waals surface area contributed by atoms with Crippen molar-refractivity contribution in [3.8, 4) is 0 Å². The quantitative estimate of drug-likeness (QED) is 0.718. The zero-order chi connectivity index (χ0) is 18.2. The molecule has 0 unspecified atom stereocenters. The largest absolute Gasteiger partial charge is 0.346 e. The highest BCUT2D eigenvalue weighted by molar-refractivity contribution is 6.40. The lowest BCUT2D eigenvalue weighted by Gasteiger charge is -2.12. The molecule has 3 N–H and O–H groups in total. The fourth-order valence-electron chi connectivity index (χ4n) is 2.07. The van der Waals surface area contributed by atoms with Gasteiger partial charge in [-0.3, -0.25) is 19.4 Å². The van der Waals surface area contributed by atoms with Gasteiger partial charge in [-0.05, 0) is 38.1 Å². The van der Waals surface area contributed by atoms with Crippen LogP contribution in [-0.4, -0.2) is 28.7 Å². The van der Waals surface area contributed by atoms with Gasteiger partial charge in [0, 0.05) is 12.2 Å². The third kappa shape index (κ3) is 5.42. The highest BCUT2D eigenvalue weighted by Crippen LogP contribution is 2.15. The first-order valence-electron chi connectivity index (χ1n) is 7.86. The predicted molar refractivity (Wildman–Crippen MR) is 93.8 cm³/mol. The molecule has 0 atom stereocenters. The average molecular weight is 340 g/mol. The van der Waals surface area contributed by atoms with Gasteiger partial charge < -0.3 is 16.0 Å². The summed E-state index contributed by atoms with van der Waals surface area (Å²) in [6.45, 7) is 3.77. The van der Waals surface area contributed by atoms with E-state index in [1.54, 1.807) is 56.4 Å². The summed E-state index contributed by atoms with van der Waals surface area (Å²) < 4.78 is 0. The Morgan fingerprint density at radius 2 is 1.72 bits per heavy atom. The molecule has 130 valence electrons. The maximum absolute atomic E-state index is 12.4. The maximum Gasteiger partial charge on any atom is 0.313 e. The Bertz CT molecular complexity index is 760. The van der Waals surface area contributed by atoms with Crippen molar-refractivity contribution in [1.82, 2.24) is 15.6 Å². The third-order valence-electron chi connectivity index (χ3n) is 3.20. The molecule has 7 heteroatoms. The number of hydrogen-bond donors (Lipinski definition) is 3. The van der Waals surface area contributed by atoms with Gasteiger partial charge in [-0.25, -0.2) is 0 Å². The van der Waals surface area contributed by atoms with Crippen LogP contribution in [0.1, 0.15) is 29.9 Å². The van der Waals surface area contributed by atoms with E-state index in [1.807, 2.05) is 6.07 Å². The van der Waals surface area contributed by atoms with Gasteiger partial charge in [0.2, 0.25) is 0 Å². The fraction of sp³-hybridized carbons (Fsp3) is 0.222. The Balaban J connectivity index is 2.05. The van der Waals surface area contributed by atoms with Crippen molar-refractivity contribution in [2.75, 3.05) is 5.32 Å². The van der Waals surface area contributed by atoms with Crippen LogP contribution in [0.5, 0.6) is 0 Å². The summed E-state index contributed by atoms with van der Waals surface area (Å²) >= 11 is 0. The van der Waals surface area contributed by atoms with Crippen molar-refractivity contribution in [3.63, 3.8) is 0 Å². The van der Waals surface area contributed by atoms with E-state index in [4.69, 9.17) is 0 Å². The van der Waals surface area contributed by atoms with Gasteiger partial charge in [0.05, 0.1) is 23.5 Å². The summed E-state index contributed by atoms with van der Waals surface area (Å²) in [5, 5.41) is 7.70. The van der Waals surface area contributed by atoms with Crippen LogP contribution >= 0.6 is 0 Å². The van der Waals surface area contributed by atoms with Crippen molar-refractivity contribution in [3.05, 3.63) is 59.9 Å². The Kier molecular flexibility index (Phi) is 6.22. The Morgan fingerprint density at radius 1 is 1.00 bits per heavy atom. The first-order valence-corrected chi connectivity index (χ1v) is 7.86. The van der Waals surface area contributed by atoms with Crippen molar-refractivity contribution in [2.24, 2.45) is 0 Å². The number of pyridine rings is 1. The van der Waals surface area contributed by atoms with Gasteiger partial charge in [0.15, 0.2) is 0 Å². The van der Waals surface area contributed by atoms with Gasteiger partial charge in [0.1, 0.15) is 0 Å². The second kappa shape index (κ2) is 8.58. The van der Waals surface area contributed by atoms with Crippen LogP contribution < -0.4 is 16.0 Å². The lowest BCUT2D eigenvalue weighted by atomic mass is 10.1. The molecule has 1 aromatic carbocycles. The van der Waals surface area contributed by atoms with E-state index in [1.165, 1.54) is 0 Å². The monoisotopic (exact) mass is 340 g/mol. The minimum absolute atomic E-state index is 0.157. The van der Waals surface area contributed by atoms with E-state index in [0.717, 1.165) is 0 Å². The molecule has 0 spiro atoms. The molecule has 0 aliphatic heterocycles. The smallest absolute Gasteiger partial charge is 0.313 e. The summed E-state index contributed by atoms with van der Waals surface area (Å²) in [6, 6.07) is 11.7. The molecule has 0 fully saturated rings. The number of anilines is 1. The Hall–Kier alpha value is -3.22. The minimum Gasteiger partial charge on any atom is -0.346 e. The highest BCUT2D eigenvalue weighted by atomic mass is 16.2. The first-order chi connectivity index (χ1) is 12.0. The molecular formula is C18H20N4O3.